The molecule has 138 valence electrons. The van der Waals surface area contributed by atoms with E-state index in [1.54, 1.807) is 18.5 Å². The molecule has 27 heavy (non-hydrogen) atoms. The number of amides is 1. The Hall–Kier alpha value is -3.88. The summed E-state index contributed by atoms with van der Waals surface area (Å²) in [6, 6.07) is 5.78. The van der Waals surface area contributed by atoms with Crippen molar-refractivity contribution in [1.29, 1.82) is 0 Å². The van der Waals surface area contributed by atoms with E-state index >= 15 is 0 Å². The van der Waals surface area contributed by atoms with Gasteiger partial charge in [-0.2, -0.15) is 0 Å². The molecule has 0 aromatic carbocycles. The molecule has 0 fully saturated rings. The Balaban J connectivity index is 0.00000280. The second-order valence-corrected chi connectivity index (χ2v) is 5.44. The molecule has 0 spiro atoms. The first-order chi connectivity index (χ1) is 13.0. The number of carbonyl (C=O) groups is 1. The van der Waals surface area contributed by atoms with E-state index in [2.05, 4.69) is 25.3 Å². The van der Waals surface area contributed by atoms with E-state index in [1.165, 1.54) is 24.4 Å². The quantitative estimate of drug-likeness (QED) is 0.528. The zero-order valence-corrected chi connectivity index (χ0v) is 14.3. The molecule has 8 nitrogen and oxygen atoms in total. The van der Waals surface area contributed by atoms with Gasteiger partial charge in [0.15, 0.2) is 5.82 Å². The van der Waals surface area contributed by atoms with Gasteiger partial charge in [-0.1, -0.05) is 0 Å². The molecule has 0 radical (unpaired) electrons. The van der Waals surface area contributed by atoms with Crippen molar-refractivity contribution in [3.05, 3.63) is 66.0 Å². The lowest BCUT2D eigenvalue weighted by Gasteiger charge is -2.10. The number of halogens is 1. The first-order valence-electron chi connectivity index (χ1n) is 7.82. The zero-order valence-electron chi connectivity index (χ0n) is 14.3. The highest BCUT2D eigenvalue weighted by Gasteiger charge is 2.15. The van der Waals surface area contributed by atoms with Crippen molar-refractivity contribution in [2.75, 3.05) is 5.32 Å². The Morgan fingerprint density at radius 2 is 2.04 bits per heavy atom. The third-order valence-corrected chi connectivity index (χ3v) is 3.34. The SMILES string of the molecule is Cc1cncc(Oc2cnc(/N=C\N)c(C(=O)Nc3ccc(F)cn3)c2)c1.[HH]. The molecule has 3 N–H and O–H groups in total. The smallest absolute Gasteiger partial charge is 0.260 e. The Kier molecular flexibility index (Phi) is 5.31. The van der Waals surface area contributed by atoms with Gasteiger partial charge in [-0.3, -0.25) is 9.78 Å². The van der Waals surface area contributed by atoms with Crippen LogP contribution in [-0.2, 0) is 0 Å². The molecule has 3 rings (SSSR count). The molecule has 9 heteroatoms. The summed E-state index contributed by atoms with van der Waals surface area (Å²) in [5.74, 6) is 0.0411. The molecule has 0 atom stereocenters. The van der Waals surface area contributed by atoms with Crippen molar-refractivity contribution in [3.63, 3.8) is 0 Å². The highest BCUT2D eigenvalue weighted by atomic mass is 19.1. The van der Waals surface area contributed by atoms with Gasteiger partial charge in [-0.15, -0.1) is 0 Å². The van der Waals surface area contributed by atoms with E-state index in [-0.39, 0.29) is 18.6 Å². The number of aliphatic imine (C=N–C) groups is 1. The number of nitrogens with two attached hydrogens (primary N) is 1. The fraction of sp³-hybridized carbons (Fsp3) is 0.0556. The van der Waals surface area contributed by atoms with Crippen LogP contribution in [-0.4, -0.2) is 27.2 Å². The Labute approximate surface area is 155 Å². The van der Waals surface area contributed by atoms with Crippen LogP contribution in [0.4, 0.5) is 16.0 Å². The fourth-order valence-corrected chi connectivity index (χ4v) is 2.19. The molecule has 0 aliphatic carbocycles. The second-order valence-electron chi connectivity index (χ2n) is 5.44. The number of pyridine rings is 3. The maximum absolute atomic E-state index is 13.0. The highest BCUT2D eigenvalue weighted by Crippen LogP contribution is 2.26. The maximum Gasteiger partial charge on any atom is 0.260 e. The van der Waals surface area contributed by atoms with Crippen molar-refractivity contribution in [1.82, 2.24) is 15.0 Å². The van der Waals surface area contributed by atoms with Crippen LogP contribution >= 0.6 is 0 Å². The van der Waals surface area contributed by atoms with Crippen molar-refractivity contribution in [3.8, 4) is 11.5 Å². The summed E-state index contributed by atoms with van der Waals surface area (Å²) in [6.45, 7) is 1.88. The lowest BCUT2D eigenvalue weighted by Crippen LogP contribution is -2.14. The van der Waals surface area contributed by atoms with E-state index in [4.69, 9.17) is 10.5 Å². The number of aromatic nitrogens is 3. The first-order valence-corrected chi connectivity index (χ1v) is 7.82. The average Bonchev–Trinajstić information content (AvgIpc) is 2.65. The number of aryl methyl sites for hydroxylation is 1. The molecular weight excluding hydrogens is 351 g/mol. The molecule has 1 amide bonds. The minimum atomic E-state index is -0.546. The Morgan fingerprint density at radius 3 is 2.74 bits per heavy atom. The summed E-state index contributed by atoms with van der Waals surface area (Å²) in [5.41, 5.74) is 6.35. The number of ether oxygens (including phenoxy) is 1. The number of carbonyl (C=O) groups excluding carboxylic acids is 1. The van der Waals surface area contributed by atoms with E-state index in [9.17, 15) is 9.18 Å². The molecule has 3 aromatic heterocycles. The van der Waals surface area contributed by atoms with Gasteiger partial charge in [0.1, 0.15) is 23.1 Å². The number of nitrogens with one attached hydrogen (secondary N) is 1. The number of hydrogen-bond acceptors (Lipinski definition) is 6. The van der Waals surface area contributed by atoms with Crippen molar-refractivity contribution in [2.24, 2.45) is 10.7 Å². The molecule has 0 saturated carbocycles. The van der Waals surface area contributed by atoms with E-state index in [0.717, 1.165) is 18.1 Å². The predicted octanol–water partition coefficient (Wildman–Crippen LogP) is 3.23. The lowest BCUT2D eigenvalue weighted by atomic mass is 10.2. The fourth-order valence-electron chi connectivity index (χ4n) is 2.19. The molecule has 0 saturated heterocycles. The summed E-state index contributed by atoms with van der Waals surface area (Å²) >= 11 is 0. The van der Waals surface area contributed by atoms with Crippen LogP contribution in [0.2, 0.25) is 0 Å². The standard InChI is InChI=1S/C18H15FN6O2.H2/c1-11-4-13(8-21-6-11)27-14-5-15(17(23-9-14)24-10-20)18(26)25-16-3-2-12(19)7-22-16;/h2-10H,1H3,(H2,20,23,24)(H,22,25,26);1H. The largest absolute Gasteiger partial charge is 0.454 e. The van der Waals surface area contributed by atoms with Crippen LogP contribution in [0.25, 0.3) is 0 Å². The second kappa shape index (κ2) is 8.00. The Bertz CT molecular complexity index is 998. The predicted molar refractivity (Wildman–Crippen MR) is 99.9 cm³/mol. The number of hydrogen-bond donors (Lipinski definition) is 2. The number of rotatable bonds is 5. The molecule has 3 heterocycles. The monoisotopic (exact) mass is 368 g/mol. The highest BCUT2D eigenvalue weighted by molar-refractivity contribution is 6.07. The summed E-state index contributed by atoms with van der Waals surface area (Å²) in [5, 5.41) is 2.55. The van der Waals surface area contributed by atoms with Crippen LogP contribution in [0.15, 0.2) is 54.0 Å². The first kappa shape index (κ1) is 17.9. The van der Waals surface area contributed by atoms with Crippen LogP contribution in [0, 0.1) is 12.7 Å². The van der Waals surface area contributed by atoms with Gasteiger partial charge in [-0.05, 0) is 36.8 Å². The van der Waals surface area contributed by atoms with Gasteiger partial charge in [0.05, 0.1) is 30.5 Å². The van der Waals surface area contributed by atoms with Gasteiger partial charge in [0.25, 0.3) is 5.91 Å². The normalized spacial score (nSPS) is 10.7. The molecule has 0 unspecified atom stereocenters. The van der Waals surface area contributed by atoms with Crippen molar-refractivity contribution in [2.45, 2.75) is 6.92 Å². The topological polar surface area (TPSA) is 115 Å². The van der Waals surface area contributed by atoms with Crippen LogP contribution < -0.4 is 15.8 Å². The van der Waals surface area contributed by atoms with E-state index in [0.29, 0.717) is 11.5 Å². The van der Waals surface area contributed by atoms with Gasteiger partial charge < -0.3 is 15.8 Å². The summed E-state index contributed by atoms with van der Waals surface area (Å²) < 4.78 is 18.7. The molecule has 3 aromatic rings. The summed E-state index contributed by atoms with van der Waals surface area (Å²) in [6.07, 6.45) is 6.68. The third-order valence-electron chi connectivity index (χ3n) is 3.34. The summed E-state index contributed by atoms with van der Waals surface area (Å²) in [7, 11) is 0. The van der Waals surface area contributed by atoms with Crippen molar-refractivity contribution < 1.29 is 15.3 Å². The van der Waals surface area contributed by atoms with Crippen LogP contribution in [0.5, 0.6) is 11.5 Å². The van der Waals surface area contributed by atoms with Gasteiger partial charge in [-0.25, -0.2) is 19.4 Å². The molecular formula is C18H17FN6O2. The maximum atomic E-state index is 13.0. The average molecular weight is 368 g/mol. The molecule has 0 aliphatic rings. The van der Waals surface area contributed by atoms with Gasteiger partial charge >= 0.3 is 0 Å². The lowest BCUT2D eigenvalue weighted by molar-refractivity contribution is 0.102. The van der Waals surface area contributed by atoms with E-state index < -0.39 is 11.7 Å². The number of nitrogens with zero attached hydrogens (tertiary/aromatic N) is 4. The van der Waals surface area contributed by atoms with Crippen LogP contribution in [0.1, 0.15) is 17.3 Å². The third kappa shape index (κ3) is 4.60. The number of anilines is 1. The zero-order chi connectivity index (χ0) is 19.2. The Morgan fingerprint density at radius 1 is 1.22 bits per heavy atom. The minimum Gasteiger partial charge on any atom is -0.454 e. The summed E-state index contributed by atoms with van der Waals surface area (Å²) in [4.78, 5) is 28.4. The van der Waals surface area contributed by atoms with Gasteiger partial charge in [0.2, 0.25) is 0 Å². The van der Waals surface area contributed by atoms with Crippen molar-refractivity contribution >= 4 is 23.9 Å². The van der Waals surface area contributed by atoms with Gasteiger partial charge in [0, 0.05) is 7.62 Å². The van der Waals surface area contributed by atoms with Crippen LogP contribution in [0.3, 0.4) is 0 Å². The molecule has 0 bridgehead atoms. The molecule has 0 aliphatic heterocycles. The van der Waals surface area contributed by atoms with E-state index in [1.807, 2.05) is 6.92 Å². The minimum absolute atomic E-state index is 0.